The van der Waals surface area contributed by atoms with Gasteiger partial charge in [-0.2, -0.15) is 4.98 Å². The van der Waals surface area contributed by atoms with Crippen molar-refractivity contribution >= 4 is 22.8 Å². The number of fused-ring (bicyclic) bond motifs is 1. The Hall–Kier alpha value is -1.29. The van der Waals surface area contributed by atoms with Gasteiger partial charge in [-0.15, -0.1) is 0 Å². The van der Waals surface area contributed by atoms with Crippen molar-refractivity contribution in [2.24, 2.45) is 7.05 Å². The van der Waals surface area contributed by atoms with Crippen molar-refractivity contribution < 1.29 is 4.74 Å². The van der Waals surface area contributed by atoms with E-state index in [0.717, 1.165) is 24.0 Å². The first-order valence-corrected chi connectivity index (χ1v) is 5.62. The largest absolute Gasteiger partial charge is 0.471 e. The summed E-state index contributed by atoms with van der Waals surface area (Å²) >= 11 is 6.13. The highest BCUT2D eigenvalue weighted by atomic mass is 35.5. The van der Waals surface area contributed by atoms with Gasteiger partial charge in [0.05, 0.1) is 11.3 Å². The SMILES string of the molecule is Cn1cnc2c(Cl)cc(OC3(C)CC3)nc21. The molecule has 1 saturated carbocycles. The number of pyridine rings is 1. The highest BCUT2D eigenvalue weighted by molar-refractivity contribution is 6.34. The van der Waals surface area contributed by atoms with Gasteiger partial charge in [0.15, 0.2) is 5.65 Å². The second kappa shape index (κ2) is 3.10. The first-order valence-electron chi connectivity index (χ1n) is 5.24. The molecule has 0 bridgehead atoms. The Morgan fingerprint density at radius 2 is 2.25 bits per heavy atom. The molecule has 0 N–H and O–H groups in total. The molecule has 1 aliphatic rings. The average molecular weight is 238 g/mol. The van der Waals surface area contributed by atoms with Gasteiger partial charge in [0, 0.05) is 13.1 Å². The van der Waals surface area contributed by atoms with Crippen LogP contribution in [0.25, 0.3) is 11.2 Å². The third kappa shape index (κ3) is 1.53. The molecule has 2 aromatic rings. The average Bonchev–Trinajstić information content (AvgIpc) is 2.81. The normalized spacial score (nSPS) is 17.7. The van der Waals surface area contributed by atoms with Crippen LogP contribution in [0.5, 0.6) is 5.88 Å². The Morgan fingerprint density at radius 1 is 1.50 bits per heavy atom. The highest BCUT2D eigenvalue weighted by Gasteiger charge is 2.40. The molecule has 0 spiro atoms. The van der Waals surface area contributed by atoms with E-state index < -0.39 is 0 Å². The summed E-state index contributed by atoms with van der Waals surface area (Å²) in [5.41, 5.74) is 1.44. The van der Waals surface area contributed by atoms with Crippen molar-refractivity contribution in [1.29, 1.82) is 0 Å². The monoisotopic (exact) mass is 237 g/mol. The zero-order chi connectivity index (χ0) is 11.3. The maximum Gasteiger partial charge on any atom is 0.217 e. The van der Waals surface area contributed by atoms with E-state index in [1.807, 2.05) is 11.6 Å². The molecule has 0 amide bonds. The van der Waals surface area contributed by atoms with Crippen molar-refractivity contribution in [3.63, 3.8) is 0 Å². The lowest BCUT2D eigenvalue weighted by Gasteiger charge is -2.11. The fourth-order valence-corrected chi connectivity index (χ4v) is 1.85. The minimum atomic E-state index is -0.0391. The van der Waals surface area contributed by atoms with Gasteiger partial charge in [-0.1, -0.05) is 11.6 Å². The van der Waals surface area contributed by atoms with Crippen LogP contribution in [0, 0.1) is 0 Å². The van der Waals surface area contributed by atoms with Gasteiger partial charge >= 0.3 is 0 Å². The number of halogens is 1. The predicted molar refractivity (Wildman–Crippen MR) is 61.8 cm³/mol. The van der Waals surface area contributed by atoms with Gasteiger partial charge in [0.2, 0.25) is 5.88 Å². The van der Waals surface area contributed by atoms with Crippen LogP contribution in [-0.2, 0) is 7.05 Å². The van der Waals surface area contributed by atoms with Crippen LogP contribution in [-0.4, -0.2) is 20.1 Å². The van der Waals surface area contributed by atoms with E-state index in [2.05, 4.69) is 16.9 Å². The zero-order valence-electron chi connectivity index (χ0n) is 9.20. The fourth-order valence-electron chi connectivity index (χ4n) is 1.62. The summed E-state index contributed by atoms with van der Waals surface area (Å²) in [5.74, 6) is 0.584. The first-order chi connectivity index (χ1) is 7.57. The molecular weight excluding hydrogens is 226 g/mol. The number of aromatic nitrogens is 3. The second-order valence-corrected chi connectivity index (χ2v) is 4.93. The minimum absolute atomic E-state index is 0.0391. The molecule has 16 heavy (non-hydrogen) atoms. The van der Waals surface area contributed by atoms with Crippen LogP contribution in [0.3, 0.4) is 0 Å². The summed E-state index contributed by atoms with van der Waals surface area (Å²) in [6.07, 6.45) is 3.86. The second-order valence-electron chi connectivity index (χ2n) is 4.52. The Morgan fingerprint density at radius 3 is 2.94 bits per heavy atom. The van der Waals surface area contributed by atoms with Crippen molar-refractivity contribution in [1.82, 2.24) is 14.5 Å². The van der Waals surface area contributed by atoms with Gasteiger partial charge in [-0.05, 0) is 19.8 Å². The van der Waals surface area contributed by atoms with Crippen LogP contribution >= 0.6 is 11.6 Å². The van der Waals surface area contributed by atoms with Gasteiger partial charge in [-0.25, -0.2) is 4.98 Å². The molecule has 0 saturated heterocycles. The van der Waals surface area contributed by atoms with Crippen molar-refractivity contribution in [2.45, 2.75) is 25.4 Å². The summed E-state index contributed by atoms with van der Waals surface area (Å²) in [4.78, 5) is 8.60. The van der Waals surface area contributed by atoms with Gasteiger partial charge < -0.3 is 9.30 Å². The van der Waals surface area contributed by atoms with Crippen molar-refractivity contribution in [3.8, 4) is 5.88 Å². The number of aryl methyl sites for hydroxylation is 1. The highest BCUT2D eigenvalue weighted by Crippen LogP contribution is 2.39. The van der Waals surface area contributed by atoms with Crippen molar-refractivity contribution in [2.75, 3.05) is 0 Å². The van der Waals surface area contributed by atoms with Crippen LogP contribution < -0.4 is 4.74 Å². The molecule has 5 heteroatoms. The quantitative estimate of drug-likeness (QED) is 0.806. The molecule has 0 radical (unpaired) electrons. The standard InChI is InChI=1S/C11H12ClN3O/c1-11(3-4-11)16-8-5-7(12)9-10(14-8)15(2)6-13-9/h5-6H,3-4H2,1-2H3. The molecule has 1 fully saturated rings. The molecule has 0 aliphatic heterocycles. The molecule has 1 aliphatic carbocycles. The molecule has 84 valence electrons. The number of hydrogen-bond donors (Lipinski definition) is 0. The first kappa shape index (κ1) is 9.90. The van der Waals surface area contributed by atoms with E-state index in [0.29, 0.717) is 10.9 Å². The number of hydrogen-bond acceptors (Lipinski definition) is 3. The summed E-state index contributed by atoms with van der Waals surface area (Å²) in [6, 6.07) is 1.74. The third-order valence-electron chi connectivity index (χ3n) is 2.90. The van der Waals surface area contributed by atoms with E-state index in [1.165, 1.54) is 0 Å². The molecule has 0 unspecified atom stereocenters. The summed E-state index contributed by atoms with van der Waals surface area (Å²) in [6.45, 7) is 2.08. The minimum Gasteiger partial charge on any atom is -0.471 e. The number of nitrogens with zero attached hydrogens (tertiary/aromatic N) is 3. The van der Waals surface area contributed by atoms with Gasteiger partial charge in [0.1, 0.15) is 11.1 Å². The number of imidazole rings is 1. The van der Waals surface area contributed by atoms with Crippen LogP contribution in [0.15, 0.2) is 12.4 Å². The Bertz CT molecular complexity index is 560. The van der Waals surface area contributed by atoms with E-state index in [9.17, 15) is 0 Å². The lowest BCUT2D eigenvalue weighted by molar-refractivity contribution is 0.192. The maximum atomic E-state index is 6.13. The van der Waals surface area contributed by atoms with E-state index >= 15 is 0 Å². The van der Waals surface area contributed by atoms with Crippen LogP contribution in [0.1, 0.15) is 19.8 Å². The molecule has 2 heterocycles. The third-order valence-corrected chi connectivity index (χ3v) is 3.19. The molecule has 4 nitrogen and oxygen atoms in total. The lowest BCUT2D eigenvalue weighted by atomic mass is 10.4. The Labute approximate surface area is 98.2 Å². The van der Waals surface area contributed by atoms with E-state index in [-0.39, 0.29) is 5.60 Å². The van der Waals surface area contributed by atoms with Crippen LogP contribution in [0.2, 0.25) is 5.02 Å². The van der Waals surface area contributed by atoms with Crippen LogP contribution in [0.4, 0.5) is 0 Å². The lowest BCUT2D eigenvalue weighted by Crippen LogP contribution is -2.13. The molecule has 2 aromatic heterocycles. The fraction of sp³-hybridized carbons (Fsp3) is 0.455. The molecule has 0 atom stereocenters. The summed E-state index contributed by atoms with van der Waals surface area (Å²) < 4.78 is 7.63. The van der Waals surface area contributed by atoms with E-state index in [4.69, 9.17) is 16.3 Å². The zero-order valence-corrected chi connectivity index (χ0v) is 9.95. The Kier molecular flexibility index (Phi) is 1.92. The van der Waals surface area contributed by atoms with E-state index in [1.54, 1.807) is 12.4 Å². The summed E-state index contributed by atoms with van der Waals surface area (Å²) in [5, 5.41) is 0.588. The molecule has 0 aromatic carbocycles. The molecule has 3 rings (SSSR count). The number of rotatable bonds is 2. The predicted octanol–water partition coefficient (Wildman–Crippen LogP) is 2.55. The summed E-state index contributed by atoms with van der Waals surface area (Å²) in [7, 11) is 1.89. The maximum absolute atomic E-state index is 6.13. The molecular formula is C11H12ClN3O. The Balaban J connectivity index is 2.08. The van der Waals surface area contributed by atoms with Gasteiger partial charge in [-0.3, -0.25) is 0 Å². The smallest absolute Gasteiger partial charge is 0.217 e. The topological polar surface area (TPSA) is 39.9 Å². The number of ether oxygens (including phenoxy) is 1. The van der Waals surface area contributed by atoms with Gasteiger partial charge in [0.25, 0.3) is 0 Å². The van der Waals surface area contributed by atoms with Crippen molar-refractivity contribution in [3.05, 3.63) is 17.4 Å².